The van der Waals surface area contributed by atoms with Crippen LogP contribution in [0, 0.1) is 0 Å². The molecule has 9 heteroatoms. The molecule has 1 amide bonds. The Bertz CT molecular complexity index is 898. The first-order valence-corrected chi connectivity index (χ1v) is 9.08. The molecule has 2 N–H and O–H groups in total. The van der Waals surface area contributed by atoms with Crippen molar-refractivity contribution in [3.8, 4) is 0 Å². The normalized spacial score (nSPS) is 19.3. The van der Waals surface area contributed by atoms with E-state index in [9.17, 15) is 18.0 Å². The van der Waals surface area contributed by atoms with Gasteiger partial charge in [0, 0.05) is 13.6 Å². The van der Waals surface area contributed by atoms with Gasteiger partial charge in [0.05, 0.1) is 15.1 Å². The summed E-state index contributed by atoms with van der Waals surface area (Å²) >= 11 is 0.992. The van der Waals surface area contributed by atoms with Crippen LogP contribution in [0.25, 0.3) is 10.2 Å². The number of benzene rings is 1. The minimum atomic E-state index is -3.80. The molecule has 0 saturated carbocycles. The van der Waals surface area contributed by atoms with Crippen LogP contribution in [0.5, 0.6) is 0 Å². The molecule has 1 aromatic heterocycles. The quantitative estimate of drug-likeness (QED) is 0.831. The van der Waals surface area contributed by atoms with Crippen molar-refractivity contribution in [2.75, 3.05) is 6.54 Å². The van der Waals surface area contributed by atoms with E-state index in [1.165, 1.54) is 16.7 Å². The Balaban J connectivity index is 1.94. The van der Waals surface area contributed by atoms with Crippen LogP contribution in [0.4, 0.5) is 0 Å². The predicted molar refractivity (Wildman–Crippen MR) is 83.4 cm³/mol. The summed E-state index contributed by atoms with van der Waals surface area (Å²) in [6.07, 6.45) is 1.21. The maximum absolute atomic E-state index is 12.4. The number of carbonyl (C=O) groups is 1. The molecule has 1 aliphatic rings. The van der Waals surface area contributed by atoms with E-state index in [-0.39, 0.29) is 15.7 Å². The van der Waals surface area contributed by atoms with E-state index in [0.717, 1.165) is 17.8 Å². The molecule has 1 atom stereocenters. The van der Waals surface area contributed by atoms with Gasteiger partial charge in [-0.25, -0.2) is 8.42 Å². The molecule has 0 bridgehead atoms. The van der Waals surface area contributed by atoms with Gasteiger partial charge in [-0.3, -0.25) is 9.59 Å². The lowest BCUT2D eigenvalue weighted by atomic mass is 10.1. The maximum Gasteiger partial charge on any atom is 0.307 e. The van der Waals surface area contributed by atoms with Crippen LogP contribution in [-0.2, 0) is 21.9 Å². The summed E-state index contributed by atoms with van der Waals surface area (Å²) in [4.78, 5) is 23.2. The van der Waals surface area contributed by atoms with Crippen molar-refractivity contribution in [1.82, 2.24) is 14.6 Å². The van der Waals surface area contributed by atoms with Gasteiger partial charge in [0.25, 0.3) is 0 Å². The lowest BCUT2D eigenvalue weighted by Crippen LogP contribution is -2.50. The molecule has 1 aliphatic heterocycles. The van der Waals surface area contributed by atoms with E-state index in [1.807, 2.05) is 0 Å². The van der Waals surface area contributed by atoms with Gasteiger partial charge >= 0.3 is 4.87 Å². The molecule has 1 fully saturated rings. The molecular formula is C13H15N3O4S2. The zero-order valence-electron chi connectivity index (χ0n) is 11.8. The number of hydrogen-bond donors (Lipinski definition) is 2. The Hall–Kier alpha value is -1.71. The second-order valence-corrected chi connectivity index (χ2v) is 7.87. The third kappa shape index (κ3) is 2.67. The van der Waals surface area contributed by atoms with Gasteiger partial charge < -0.3 is 9.88 Å². The van der Waals surface area contributed by atoms with Crippen LogP contribution in [-0.4, -0.2) is 31.5 Å². The minimum absolute atomic E-state index is 0.0558. The van der Waals surface area contributed by atoms with Crippen molar-refractivity contribution in [3.63, 3.8) is 0 Å². The Labute approximate surface area is 131 Å². The van der Waals surface area contributed by atoms with Crippen molar-refractivity contribution >= 4 is 37.5 Å². The third-order valence-corrected chi connectivity index (χ3v) is 6.12. The van der Waals surface area contributed by atoms with E-state index in [1.54, 1.807) is 13.1 Å². The van der Waals surface area contributed by atoms with Gasteiger partial charge in [-0.05, 0) is 31.0 Å². The summed E-state index contributed by atoms with van der Waals surface area (Å²) < 4.78 is 29.3. The monoisotopic (exact) mass is 341 g/mol. The number of rotatable bonds is 3. The number of aryl methyl sites for hydroxylation is 1. The van der Waals surface area contributed by atoms with Gasteiger partial charge in [0.1, 0.15) is 6.04 Å². The van der Waals surface area contributed by atoms with Gasteiger partial charge in [0.2, 0.25) is 15.9 Å². The van der Waals surface area contributed by atoms with Crippen molar-refractivity contribution in [2.45, 2.75) is 23.8 Å². The number of thiazole rings is 1. The maximum atomic E-state index is 12.4. The standard InChI is InChI=1S/C13H15N3O4S2/c1-16-10-5-4-8(7-11(10)21-13(16)18)22(19,20)15-9-3-2-6-14-12(9)17/h4-5,7,9,15H,2-3,6H2,1H3,(H,14,17). The van der Waals surface area contributed by atoms with E-state index in [4.69, 9.17) is 0 Å². The Morgan fingerprint density at radius 1 is 1.36 bits per heavy atom. The topological polar surface area (TPSA) is 97.3 Å². The Kier molecular flexibility index (Phi) is 3.79. The molecule has 1 unspecified atom stereocenters. The SMILES string of the molecule is Cn1c(=O)sc2cc(S(=O)(=O)NC3CCCNC3=O)ccc21. The van der Waals surface area contributed by atoms with Crippen LogP contribution < -0.4 is 14.9 Å². The number of aromatic nitrogens is 1. The molecular weight excluding hydrogens is 326 g/mol. The molecule has 3 rings (SSSR count). The van der Waals surface area contributed by atoms with E-state index >= 15 is 0 Å². The summed E-state index contributed by atoms with van der Waals surface area (Å²) in [5.74, 6) is -0.305. The van der Waals surface area contributed by atoms with E-state index in [2.05, 4.69) is 10.0 Å². The van der Waals surface area contributed by atoms with E-state index in [0.29, 0.717) is 23.2 Å². The lowest BCUT2D eigenvalue weighted by molar-refractivity contribution is -0.124. The highest BCUT2D eigenvalue weighted by atomic mass is 32.2. The van der Waals surface area contributed by atoms with Gasteiger partial charge in [-0.2, -0.15) is 4.72 Å². The fourth-order valence-corrected chi connectivity index (χ4v) is 4.67. The largest absolute Gasteiger partial charge is 0.355 e. The van der Waals surface area contributed by atoms with Crippen LogP contribution in [0.3, 0.4) is 0 Å². The smallest absolute Gasteiger partial charge is 0.307 e. The number of nitrogens with one attached hydrogen (secondary N) is 2. The first kappa shape index (κ1) is 15.2. The summed E-state index contributed by atoms with van der Waals surface area (Å²) in [6.45, 7) is 0.570. The van der Waals surface area contributed by atoms with Crippen molar-refractivity contribution in [1.29, 1.82) is 0 Å². The summed E-state index contributed by atoms with van der Waals surface area (Å²) in [5, 5.41) is 2.64. The molecule has 2 aromatic rings. The number of piperidine rings is 1. The molecule has 118 valence electrons. The number of hydrogen-bond acceptors (Lipinski definition) is 5. The van der Waals surface area contributed by atoms with Gasteiger partial charge in [-0.15, -0.1) is 0 Å². The molecule has 1 saturated heterocycles. The van der Waals surface area contributed by atoms with Crippen LogP contribution >= 0.6 is 11.3 Å². The van der Waals surface area contributed by atoms with Crippen LogP contribution in [0.15, 0.2) is 27.9 Å². The van der Waals surface area contributed by atoms with Crippen LogP contribution in [0.2, 0.25) is 0 Å². The Morgan fingerprint density at radius 2 is 2.14 bits per heavy atom. The second kappa shape index (κ2) is 5.49. The average molecular weight is 341 g/mol. The fourth-order valence-electron chi connectivity index (χ4n) is 2.42. The van der Waals surface area contributed by atoms with Crippen molar-refractivity contribution in [2.24, 2.45) is 7.05 Å². The lowest BCUT2D eigenvalue weighted by Gasteiger charge is -2.22. The molecule has 22 heavy (non-hydrogen) atoms. The predicted octanol–water partition coefficient (Wildman–Crippen LogP) is 0.157. The number of amides is 1. The highest BCUT2D eigenvalue weighted by Crippen LogP contribution is 2.21. The number of sulfonamides is 1. The minimum Gasteiger partial charge on any atom is -0.355 e. The third-order valence-electron chi connectivity index (χ3n) is 3.66. The first-order valence-electron chi connectivity index (χ1n) is 6.78. The highest BCUT2D eigenvalue weighted by molar-refractivity contribution is 7.89. The summed E-state index contributed by atoms with van der Waals surface area (Å²) in [5.41, 5.74) is 0.685. The zero-order valence-corrected chi connectivity index (χ0v) is 13.5. The highest BCUT2D eigenvalue weighted by Gasteiger charge is 2.27. The van der Waals surface area contributed by atoms with E-state index < -0.39 is 16.1 Å². The van der Waals surface area contributed by atoms with Gasteiger partial charge in [-0.1, -0.05) is 11.3 Å². The summed E-state index contributed by atoms with van der Waals surface area (Å²) in [6, 6.07) is 3.76. The van der Waals surface area contributed by atoms with Gasteiger partial charge in [0.15, 0.2) is 0 Å². The molecule has 0 spiro atoms. The molecule has 0 radical (unpaired) electrons. The molecule has 2 heterocycles. The molecule has 7 nitrogen and oxygen atoms in total. The average Bonchev–Trinajstić information content (AvgIpc) is 2.76. The number of carbonyl (C=O) groups excluding carboxylic acids is 1. The second-order valence-electron chi connectivity index (χ2n) is 5.16. The fraction of sp³-hybridized carbons (Fsp3) is 0.385. The van der Waals surface area contributed by atoms with Crippen LogP contribution in [0.1, 0.15) is 12.8 Å². The molecule has 0 aliphatic carbocycles. The summed E-state index contributed by atoms with van der Waals surface area (Å²) in [7, 11) is -2.16. The first-order chi connectivity index (χ1) is 10.4. The molecule has 1 aromatic carbocycles. The number of fused-ring (bicyclic) bond motifs is 1. The Morgan fingerprint density at radius 3 is 2.86 bits per heavy atom. The zero-order chi connectivity index (χ0) is 15.9. The van der Waals surface area contributed by atoms with Crippen molar-refractivity contribution < 1.29 is 13.2 Å². The van der Waals surface area contributed by atoms with Crippen molar-refractivity contribution in [3.05, 3.63) is 27.9 Å². The number of nitrogens with zero attached hydrogens (tertiary/aromatic N) is 1.